The van der Waals surface area contributed by atoms with Crippen molar-refractivity contribution >= 4 is 11.6 Å². The van der Waals surface area contributed by atoms with E-state index >= 15 is 0 Å². The number of carbonyl (C=O) groups excluding carboxylic acids is 1. The van der Waals surface area contributed by atoms with E-state index in [1.807, 2.05) is 19.9 Å². The molecule has 0 radical (unpaired) electrons. The first-order valence-electron chi connectivity index (χ1n) is 10.3. The van der Waals surface area contributed by atoms with Gasteiger partial charge in [-0.05, 0) is 50.5 Å². The molecule has 29 heavy (non-hydrogen) atoms. The van der Waals surface area contributed by atoms with Crippen molar-refractivity contribution in [3.8, 4) is 5.88 Å². The molecule has 0 atom stereocenters. The number of halogens is 1. The zero-order valence-electron chi connectivity index (χ0n) is 17.2. The molecule has 1 saturated carbocycles. The maximum atomic E-state index is 13.4. The van der Waals surface area contributed by atoms with Crippen LogP contribution >= 0.6 is 0 Å². The molecule has 2 aromatic rings. The molecular formula is C23H29FN2O3. The van der Waals surface area contributed by atoms with Crippen molar-refractivity contribution in [2.75, 3.05) is 25.1 Å². The van der Waals surface area contributed by atoms with Crippen LogP contribution in [0.15, 0.2) is 36.4 Å². The number of ether oxygens (including phenoxy) is 2. The van der Waals surface area contributed by atoms with Gasteiger partial charge in [-0.25, -0.2) is 9.37 Å². The van der Waals surface area contributed by atoms with Crippen LogP contribution in [-0.4, -0.2) is 30.7 Å². The Bertz CT molecular complexity index is 817. The number of anilines is 1. The number of amides is 1. The van der Waals surface area contributed by atoms with Gasteiger partial charge in [0.2, 0.25) is 11.8 Å². The minimum atomic E-state index is -0.634. The van der Waals surface area contributed by atoms with Crippen LogP contribution in [-0.2, 0) is 14.9 Å². The van der Waals surface area contributed by atoms with Gasteiger partial charge >= 0.3 is 0 Å². The highest BCUT2D eigenvalue weighted by Crippen LogP contribution is 2.40. The van der Waals surface area contributed by atoms with Crippen molar-refractivity contribution in [3.05, 3.63) is 53.5 Å². The Hall–Kier alpha value is -2.47. The summed E-state index contributed by atoms with van der Waals surface area (Å²) in [4.78, 5) is 17.8. The van der Waals surface area contributed by atoms with E-state index in [1.54, 1.807) is 18.2 Å². The van der Waals surface area contributed by atoms with Gasteiger partial charge in [-0.15, -0.1) is 0 Å². The predicted octanol–water partition coefficient (Wildman–Crippen LogP) is 4.79. The van der Waals surface area contributed by atoms with E-state index < -0.39 is 5.41 Å². The van der Waals surface area contributed by atoms with Crippen LogP contribution in [0.5, 0.6) is 5.88 Å². The van der Waals surface area contributed by atoms with Crippen LogP contribution < -0.4 is 10.1 Å². The number of hydrogen-bond acceptors (Lipinski definition) is 4. The molecule has 0 saturated heterocycles. The molecular weight excluding hydrogens is 371 g/mol. The quantitative estimate of drug-likeness (QED) is 0.648. The highest BCUT2D eigenvalue weighted by Gasteiger charge is 2.41. The Balaban J connectivity index is 1.75. The van der Waals surface area contributed by atoms with Gasteiger partial charge in [0.15, 0.2) is 0 Å². The molecule has 1 heterocycles. The summed E-state index contributed by atoms with van der Waals surface area (Å²) in [5, 5.41) is 3.06. The fourth-order valence-electron chi connectivity index (χ4n) is 3.91. The van der Waals surface area contributed by atoms with Crippen LogP contribution in [0.3, 0.4) is 0 Å². The predicted molar refractivity (Wildman–Crippen MR) is 111 cm³/mol. The van der Waals surface area contributed by atoms with Crippen LogP contribution in [0.2, 0.25) is 0 Å². The Morgan fingerprint density at radius 1 is 1.10 bits per heavy atom. The lowest BCUT2D eigenvalue weighted by molar-refractivity contribution is -0.122. The summed E-state index contributed by atoms with van der Waals surface area (Å²) in [5.41, 5.74) is 1.60. The third-order valence-corrected chi connectivity index (χ3v) is 5.53. The summed E-state index contributed by atoms with van der Waals surface area (Å²) in [6, 6.07) is 9.90. The van der Waals surface area contributed by atoms with Gasteiger partial charge in [-0.1, -0.05) is 31.4 Å². The molecule has 0 spiro atoms. The first-order chi connectivity index (χ1) is 14.0. The third kappa shape index (κ3) is 5.12. The second kappa shape index (κ2) is 9.83. The van der Waals surface area contributed by atoms with Crippen LogP contribution in [0.4, 0.5) is 10.1 Å². The summed E-state index contributed by atoms with van der Waals surface area (Å²) < 4.78 is 24.3. The molecule has 156 valence electrons. The number of pyridine rings is 1. The van der Waals surface area contributed by atoms with E-state index in [1.165, 1.54) is 12.1 Å². The van der Waals surface area contributed by atoms with Gasteiger partial charge in [0.25, 0.3) is 0 Å². The van der Waals surface area contributed by atoms with Crippen molar-refractivity contribution < 1.29 is 18.7 Å². The number of rotatable bonds is 8. The number of carbonyl (C=O) groups is 1. The van der Waals surface area contributed by atoms with Gasteiger partial charge in [-0.2, -0.15) is 0 Å². The zero-order chi connectivity index (χ0) is 20.7. The molecule has 1 N–H and O–H groups in total. The molecule has 0 bridgehead atoms. The van der Waals surface area contributed by atoms with Gasteiger partial charge in [0, 0.05) is 12.7 Å². The van der Waals surface area contributed by atoms with Crippen molar-refractivity contribution in [1.29, 1.82) is 0 Å². The number of nitrogens with one attached hydrogen (secondary N) is 1. The highest BCUT2D eigenvalue weighted by atomic mass is 19.1. The third-order valence-electron chi connectivity index (χ3n) is 5.53. The van der Waals surface area contributed by atoms with Gasteiger partial charge in [-0.3, -0.25) is 4.79 Å². The maximum absolute atomic E-state index is 13.4. The summed E-state index contributed by atoms with van der Waals surface area (Å²) in [7, 11) is 0. The van der Waals surface area contributed by atoms with Crippen LogP contribution in [0.1, 0.15) is 50.3 Å². The summed E-state index contributed by atoms with van der Waals surface area (Å²) >= 11 is 0. The summed E-state index contributed by atoms with van der Waals surface area (Å²) in [6.07, 6.45) is 4.60. The average Bonchev–Trinajstić information content (AvgIpc) is 2.74. The Labute approximate surface area is 171 Å². The van der Waals surface area contributed by atoms with Crippen molar-refractivity contribution in [2.24, 2.45) is 0 Å². The summed E-state index contributed by atoms with van der Waals surface area (Å²) in [5.74, 6) is 0.157. The van der Waals surface area contributed by atoms with Crippen LogP contribution in [0.25, 0.3) is 0 Å². The number of aryl methyl sites for hydroxylation is 1. The zero-order valence-corrected chi connectivity index (χ0v) is 17.2. The molecule has 1 amide bonds. The van der Waals surface area contributed by atoms with Crippen molar-refractivity contribution in [1.82, 2.24) is 4.98 Å². The molecule has 1 aliphatic carbocycles. The molecule has 1 aromatic heterocycles. The molecule has 6 heteroatoms. The average molecular weight is 400 g/mol. The van der Waals surface area contributed by atoms with Gasteiger partial charge < -0.3 is 14.8 Å². The minimum absolute atomic E-state index is 0.0567. The fraction of sp³-hybridized carbons (Fsp3) is 0.478. The lowest BCUT2D eigenvalue weighted by Crippen LogP contribution is -2.42. The maximum Gasteiger partial charge on any atom is 0.235 e. The molecule has 5 nitrogen and oxygen atoms in total. The highest BCUT2D eigenvalue weighted by molar-refractivity contribution is 5.99. The lowest BCUT2D eigenvalue weighted by atomic mass is 9.68. The monoisotopic (exact) mass is 400 g/mol. The normalized spacial score (nSPS) is 15.7. The van der Waals surface area contributed by atoms with E-state index in [2.05, 4.69) is 10.3 Å². The number of benzene rings is 1. The molecule has 1 fully saturated rings. The number of nitrogens with zero attached hydrogens (tertiary/aromatic N) is 1. The van der Waals surface area contributed by atoms with Gasteiger partial charge in [0.1, 0.15) is 12.4 Å². The topological polar surface area (TPSA) is 60.5 Å². The Kier molecular flexibility index (Phi) is 7.20. The largest absolute Gasteiger partial charge is 0.475 e. The Morgan fingerprint density at radius 3 is 2.48 bits per heavy atom. The molecule has 0 aliphatic heterocycles. The number of aromatic nitrogens is 1. The van der Waals surface area contributed by atoms with Crippen molar-refractivity contribution in [3.63, 3.8) is 0 Å². The SMILES string of the molecule is CCOCCOc1ccc(NC(=O)C2(c3ccc(F)cc3)CCCCC2)c(C)n1. The lowest BCUT2D eigenvalue weighted by Gasteiger charge is -2.36. The second-order valence-corrected chi connectivity index (χ2v) is 7.43. The molecule has 1 aromatic carbocycles. The van der Waals surface area contributed by atoms with E-state index in [0.29, 0.717) is 37.1 Å². The van der Waals surface area contributed by atoms with E-state index in [-0.39, 0.29) is 11.7 Å². The Morgan fingerprint density at radius 2 is 1.83 bits per heavy atom. The second-order valence-electron chi connectivity index (χ2n) is 7.43. The standard InChI is InChI=1S/C23H29FN2O3/c1-3-28-15-16-29-21-12-11-20(17(2)25-21)26-22(27)23(13-5-4-6-14-23)18-7-9-19(24)10-8-18/h7-12H,3-6,13-16H2,1-2H3,(H,26,27). The first-order valence-corrected chi connectivity index (χ1v) is 10.3. The van der Waals surface area contributed by atoms with Crippen molar-refractivity contribution in [2.45, 2.75) is 51.4 Å². The van der Waals surface area contributed by atoms with E-state index in [9.17, 15) is 9.18 Å². The molecule has 3 rings (SSSR count). The van der Waals surface area contributed by atoms with Crippen LogP contribution in [0, 0.1) is 12.7 Å². The summed E-state index contributed by atoms with van der Waals surface area (Å²) in [6.45, 7) is 5.37. The molecule has 0 unspecified atom stereocenters. The number of hydrogen-bond donors (Lipinski definition) is 1. The minimum Gasteiger partial charge on any atom is -0.475 e. The van der Waals surface area contributed by atoms with E-state index in [4.69, 9.17) is 9.47 Å². The smallest absolute Gasteiger partial charge is 0.235 e. The van der Waals surface area contributed by atoms with E-state index in [0.717, 1.165) is 37.7 Å². The fourth-order valence-corrected chi connectivity index (χ4v) is 3.91. The molecule has 1 aliphatic rings. The van der Waals surface area contributed by atoms with Gasteiger partial charge in [0.05, 0.1) is 23.4 Å². The first kappa shape index (κ1) is 21.2.